The van der Waals surface area contributed by atoms with Crippen LogP contribution in [0.1, 0.15) is 10.6 Å². The Balaban J connectivity index is 1.85. The van der Waals surface area contributed by atoms with Crippen LogP contribution in [0.5, 0.6) is 0 Å². The predicted molar refractivity (Wildman–Crippen MR) is 94.1 cm³/mol. The highest BCUT2D eigenvalue weighted by molar-refractivity contribution is 7.19. The highest BCUT2D eigenvalue weighted by atomic mass is 32.1. The lowest BCUT2D eigenvalue weighted by molar-refractivity contribution is 0.515. The number of nitrogens with zero attached hydrogens (tertiary/aromatic N) is 1. The van der Waals surface area contributed by atoms with Crippen molar-refractivity contribution in [3.63, 3.8) is 0 Å². The van der Waals surface area contributed by atoms with Crippen LogP contribution in [0.25, 0.3) is 32.8 Å². The molecule has 4 rings (SSSR count). The monoisotopic (exact) mass is 303 g/mol. The third kappa shape index (κ3) is 2.26. The lowest BCUT2D eigenvalue weighted by Crippen LogP contribution is -1.81. The van der Waals surface area contributed by atoms with Gasteiger partial charge in [0.1, 0.15) is 10.8 Å². The fourth-order valence-corrected chi connectivity index (χ4v) is 3.47. The molecule has 0 unspecified atom stereocenters. The van der Waals surface area contributed by atoms with Crippen molar-refractivity contribution in [1.82, 2.24) is 4.98 Å². The van der Waals surface area contributed by atoms with Crippen LogP contribution in [-0.4, -0.2) is 10.1 Å². The van der Waals surface area contributed by atoms with Gasteiger partial charge in [-0.3, -0.25) is 0 Å². The van der Waals surface area contributed by atoms with Crippen molar-refractivity contribution in [3.05, 3.63) is 77.3 Å². The Hall–Kier alpha value is -2.65. The molecule has 0 atom stereocenters. The second kappa shape index (κ2) is 5.28. The SMILES string of the molecule is OC(=Cc1nc2c(ccc3ccccc32)s1)c1ccccc1. The maximum atomic E-state index is 10.2. The molecule has 0 fully saturated rings. The van der Waals surface area contributed by atoms with E-state index in [1.807, 2.05) is 42.5 Å². The molecule has 0 saturated carbocycles. The van der Waals surface area contributed by atoms with Crippen LogP contribution >= 0.6 is 11.3 Å². The van der Waals surface area contributed by atoms with Gasteiger partial charge in [0.2, 0.25) is 0 Å². The van der Waals surface area contributed by atoms with Gasteiger partial charge in [-0.15, -0.1) is 11.3 Å². The highest BCUT2D eigenvalue weighted by Gasteiger charge is 2.07. The number of fused-ring (bicyclic) bond motifs is 3. The average molecular weight is 303 g/mol. The van der Waals surface area contributed by atoms with E-state index >= 15 is 0 Å². The van der Waals surface area contributed by atoms with Crippen molar-refractivity contribution in [2.75, 3.05) is 0 Å². The molecule has 22 heavy (non-hydrogen) atoms. The Labute approximate surface area is 132 Å². The number of rotatable bonds is 2. The van der Waals surface area contributed by atoms with E-state index in [0.29, 0.717) is 0 Å². The molecule has 2 nitrogen and oxygen atoms in total. The van der Waals surface area contributed by atoms with Crippen molar-refractivity contribution < 1.29 is 5.11 Å². The number of aliphatic hydroxyl groups excluding tert-OH is 1. The summed E-state index contributed by atoms with van der Waals surface area (Å²) in [5, 5.41) is 13.4. The molecule has 0 radical (unpaired) electrons. The first-order valence-electron chi connectivity index (χ1n) is 7.06. The quantitative estimate of drug-likeness (QED) is 0.496. The summed E-state index contributed by atoms with van der Waals surface area (Å²) in [7, 11) is 0. The highest BCUT2D eigenvalue weighted by Crippen LogP contribution is 2.30. The third-order valence-electron chi connectivity index (χ3n) is 3.63. The first-order chi connectivity index (χ1) is 10.8. The largest absolute Gasteiger partial charge is 0.507 e. The minimum Gasteiger partial charge on any atom is -0.507 e. The van der Waals surface area contributed by atoms with E-state index in [9.17, 15) is 5.11 Å². The van der Waals surface area contributed by atoms with Crippen LogP contribution in [-0.2, 0) is 0 Å². The van der Waals surface area contributed by atoms with Crippen LogP contribution in [0.2, 0.25) is 0 Å². The van der Waals surface area contributed by atoms with E-state index in [1.165, 1.54) is 5.39 Å². The molecule has 0 aliphatic heterocycles. The normalized spacial score (nSPS) is 12.1. The maximum Gasteiger partial charge on any atom is 0.125 e. The molecule has 0 amide bonds. The first kappa shape index (κ1) is 13.0. The van der Waals surface area contributed by atoms with E-state index in [1.54, 1.807) is 17.4 Å². The van der Waals surface area contributed by atoms with Crippen LogP contribution in [0, 0.1) is 0 Å². The summed E-state index contributed by atoms with van der Waals surface area (Å²) in [5.74, 6) is 0.240. The molecular weight excluding hydrogens is 290 g/mol. The van der Waals surface area contributed by atoms with Gasteiger partial charge in [0.05, 0.1) is 10.2 Å². The zero-order valence-electron chi connectivity index (χ0n) is 11.7. The molecule has 1 N–H and O–H groups in total. The van der Waals surface area contributed by atoms with Crippen molar-refractivity contribution in [2.45, 2.75) is 0 Å². The van der Waals surface area contributed by atoms with Crippen LogP contribution in [0.3, 0.4) is 0 Å². The fraction of sp³-hybridized carbons (Fsp3) is 0. The standard InChI is InChI=1S/C19H13NOS/c21-16(14-7-2-1-3-8-14)12-18-20-19-15-9-5-4-6-13(15)10-11-17(19)22-18/h1-12,21H. The van der Waals surface area contributed by atoms with Gasteiger partial charge < -0.3 is 5.11 Å². The molecule has 106 valence electrons. The lowest BCUT2D eigenvalue weighted by atomic mass is 10.1. The van der Waals surface area contributed by atoms with Gasteiger partial charge in [-0.25, -0.2) is 4.98 Å². The molecule has 3 aromatic carbocycles. The minimum atomic E-state index is 0.240. The summed E-state index contributed by atoms with van der Waals surface area (Å²) in [4.78, 5) is 4.69. The van der Waals surface area contributed by atoms with Gasteiger partial charge in [-0.05, 0) is 11.5 Å². The first-order valence-corrected chi connectivity index (χ1v) is 7.87. The minimum absolute atomic E-state index is 0.240. The summed E-state index contributed by atoms with van der Waals surface area (Å²) < 4.78 is 1.13. The molecule has 0 aliphatic carbocycles. The molecule has 1 heterocycles. The molecule has 3 heteroatoms. The molecule has 0 aliphatic rings. The average Bonchev–Trinajstić information content (AvgIpc) is 2.98. The number of thiazole rings is 1. The van der Waals surface area contributed by atoms with Crippen molar-refractivity contribution in [2.24, 2.45) is 0 Å². The molecule has 1 aromatic heterocycles. The number of hydrogen-bond donors (Lipinski definition) is 1. The summed E-state index contributed by atoms with van der Waals surface area (Å²) >= 11 is 1.59. The maximum absolute atomic E-state index is 10.2. The Morgan fingerprint density at radius 3 is 2.55 bits per heavy atom. The van der Waals surface area contributed by atoms with Crippen LogP contribution in [0.15, 0.2) is 66.7 Å². The lowest BCUT2D eigenvalue weighted by Gasteiger charge is -1.97. The molecule has 0 spiro atoms. The van der Waals surface area contributed by atoms with E-state index < -0.39 is 0 Å². The fourth-order valence-electron chi connectivity index (χ4n) is 2.55. The summed E-state index contributed by atoms with van der Waals surface area (Å²) in [6.07, 6.45) is 1.73. The van der Waals surface area contributed by atoms with E-state index in [4.69, 9.17) is 0 Å². The Morgan fingerprint density at radius 1 is 0.909 bits per heavy atom. The zero-order valence-corrected chi connectivity index (χ0v) is 12.5. The number of benzene rings is 3. The third-order valence-corrected chi connectivity index (χ3v) is 4.60. The Bertz CT molecular complexity index is 986. The second-order valence-corrected chi connectivity index (χ2v) is 6.14. The summed E-state index contributed by atoms with van der Waals surface area (Å²) in [6.45, 7) is 0. The Morgan fingerprint density at radius 2 is 1.68 bits per heavy atom. The van der Waals surface area contributed by atoms with Crippen molar-refractivity contribution >= 4 is 44.2 Å². The molecule has 0 saturated heterocycles. The van der Waals surface area contributed by atoms with E-state index in [2.05, 4.69) is 29.2 Å². The second-order valence-electron chi connectivity index (χ2n) is 5.08. The van der Waals surface area contributed by atoms with E-state index in [-0.39, 0.29) is 5.76 Å². The van der Waals surface area contributed by atoms with Gasteiger partial charge in [-0.2, -0.15) is 0 Å². The van der Waals surface area contributed by atoms with Gasteiger partial charge in [0, 0.05) is 17.0 Å². The van der Waals surface area contributed by atoms with Gasteiger partial charge in [0.15, 0.2) is 0 Å². The van der Waals surface area contributed by atoms with Crippen LogP contribution < -0.4 is 0 Å². The van der Waals surface area contributed by atoms with Gasteiger partial charge in [0.25, 0.3) is 0 Å². The van der Waals surface area contributed by atoms with Gasteiger partial charge in [-0.1, -0.05) is 60.7 Å². The zero-order chi connectivity index (χ0) is 14.9. The van der Waals surface area contributed by atoms with Gasteiger partial charge >= 0.3 is 0 Å². The summed E-state index contributed by atoms with van der Waals surface area (Å²) in [6, 6.07) is 21.9. The van der Waals surface area contributed by atoms with E-state index in [0.717, 1.165) is 26.2 Å². The van der Waals surface area contributed by atoms with Crippen molar-refractivity contribution in [1.29, 1.82) is 0 Å². The summed E-state index contributed by atoms with van der Waals surface area (Å²) in [5.41, 5.74) is 1.79. The molecule has 0 bridgehead atoms. The molecule has 4 aromatic rings. The number of aromatic nitrogens is 1. The smallest absolute Gasteiger partial charge is 0.125 e. The van der Waals surface area contributed by atoms with Crippen LogP contribution in [0.4, 0.5) is 0 Å². The Kier molecular flexibility index (Phi) is 3.13. The topological polar surface area (TPSA) is 33.1 Å². The van der Waals surface area contributed by atoms with Crippen molar-refractivity contribution in [3.8, 4) is 0 Å². The number of aliphatic hydroxyl groups is 1. The molecular formula is C19H13NOS. The predicted octanol–water partition coefficient (Wildman–Crippen LogP) is 5.51. The number of hydrogen-bond acceptors (Lipinski definition) is 3.